The minimum Gasteiger partial charge on any atom is -0.492 e. The molecule has 0 N–H and O–H groups in total. The van der Waals surface area contributed by atoms with Crippen LogP contribution in [0.1, 0.15) is 19.3 Å². The van der Waals surface area contributed by atoms with Crippen molar-refractivity contribution in [2.75, 3.05) is 46.0 Å². The molecule has 3 aliphatic rings. The lowest BCUT2D eigenvalue weighted by atomic mass is 9.90. The minimum absolute atomic E-state index is 0.00295. The maximum atomic E-state index is 12.5. The number of piperidine rings is 1. The fourth-order valence-electron chi connectivity index (χ4n) is 4.04. The van der Waals surface area contributed by atoms with Gasteiger partial charge in [-0.15, -0.1) is 0 Å². The van der Waals surface area contributed by atoms with Crippen molar-refractivity contribution in [3.8, 4) is 5.75 Å². The smallest absolute Gasteiger partial charge is 0.410 e. The van der Waals surface area contributed by atoms with E-state index in [0.29, 0.717) is 58.8 Å². The van der Waals surface area contributed by atoms with E-state index in [9.17, 15) is 9.59 Å². The lowest BCUT2D eigenvalue weighted by molar-refractivity contribution is -0.138. The Kier molecular flexibility index (Phi) is 5.20. The number of amides is 2. The number of likely N-dealkylation sites (tertiary alicyclic amines) is 1. The van der Waals surface area contributed by atoms with Crippen molar-refractivity contribution in [2.45, 2.75) is 24.9 Å². The molecule has 2 amide bonds. The van der Waals surface area contributed by atoms with E-state index in [4.69, 9.17) is 14.2 Å². The summed E-state index contributed by atoms with van der Waals surface area (Å²) in [6.07, 6.45) is 1.91. The van der Waals surface area contributed by atoms with Crippen LogP contribution in [0.5, 0.6) is 5.75 Å². The van der Waals surface area contributed by atoms with Crippen LogP contribution in [0.25, 0.3) is 0 Å². The van der Waals surface area contributed by atoms with E-state index in [1.165, 1.54) is 0 Å². The van der Waals surface area contributed by atoms with Gasteiger partial charge in [-0.25, -0.2) is 4.79 Å². The largest absolute Gasteiger partial charge is 0.492 e. The molecule has 1 unspecified atom stereocenters. The molecule has 0 aliphatic carbocycles. The summed E-state index contributed by atoms with van der Waals surface area (Å²) in [6.45, 7) is 3.97. The second-order valence-electron chi connectivity index (χ2n) is 7.52. The number of carbonyl (C=O) groups is 2. The zero-order valence-electron chi connectivity index (χ0n) is 15.5. The van der Waals surface area contributed by atoms with Crippen LogP contribution in [0.15, 0.2) is 30.3 Å². The first-order valence-electron chi connectivity index (χ1n) is 9.68. The summed E-state index contributed by atoms with van der Waals surface area (Å²) < 4.78 is 16.7. The van der Waals surface area contributed by atoms with Gasteiger partial charge in [0.05, 0.1) is 25.6 Å². The molecule has 1 aromatic carbocycles. The molecule has 3 saturated heterocycles. The Balaban J connectivity index is 1.25. The first-order valence-corrected chi connectivity index (χ1v) is 9.68. The van der Waals surface area contributed by atoms with Gasteiger partial charge in [-0.1, -0.05) is 18.2 Å². The average Bonchev–Trinajstić information content (AvgIpc) is 3.32. The van der Waals surface area contributed by atoms with Crippen LogP contribution in [0.4, 0.5) is 4.79 Å². The molecule has 1 aromatic rings. The van der Waals surface area contributed by atoms with Gasteiger partial charge in [0.25, 0.3) is 0 Å². The molecule has 0 aromatic heterocycles. The molecule has 27 heavy (non-hydrogen) atoms. The predicted molar refractivity (Wildman–Crippen MR) is 97.5 cm³/mol. The van der Waals surface area contributed by atoms with Crippen LogP contribution < -0.4 is 4.74 Å². The summed E-state index contributed by atoms with van der Waals surface area (Å²) in [5.74, 6) is 0.971. The topological polar surface area (TPSA) is 68.3 Å². The van der Waals surface area contributed by atoms with Crippen LogP contribution in [0, 0.1) is 5.92 Å². The van der Waals surface area contributed by atoms with Gasteiger partial charge in [0, 0.05) is 32.5 Å². The molecule has 0 bridgehead atoms. The highest BCUT2D eigenvalue weighted by Gasteiger charge is 2.47. The van der Waals surface area contributed by atoms with Crippen molar-refractivity contribution in [1.29, 1.82) is 0 Å². The number of nitrogens with zero attached hydrogens (tertiary/aromatic N) is 2. The normalized spacial score (nSPS) is 24.3. The van der Waals surface area contributed by atoms with E-state index < -0.39 is 5.60 Å². The molecule has 1 spiro atoms. The van der Waals surface area contributed by atoms with Crippen LogP contribution in [-0.4, -0.2) is 73.4 Å². The quantitative estimate of drug-likeness (QED) is 0.788. The fraction of sp³-hybridized carbons (Fsp3) is 0.600. The molecule has 0 saturated carbocycles. The molecule has 1 atom stereocenters. The van der Waals surface area contributed by atoms with E-state index in [2.05, 4.69) is 0 Å². The third kappa shape index (κ3) is 4.03. The van der Waals surface area contributed by atoms with E-state index in [-0.39, 0.29) is 17.9 Å². The molecular weight excluding hydrogens is 348 g/mol. The molecule has 7 heteroatoms. The SMILES string of the molecule is O=C1OC2(CCN(C(=O)C3CCOC3)CC2)CN1CCOc1ccccc1. The first-order chi connectivity index (χ1) is 13.2. The van der Waals surface area contributed by atoms with Gasteiger partial charge in [-0.05, 0) is 18.6 Å². The molecule has 7 nitrogen and oxygen atoms in total. The number of rotatable bonds is 5. The van der Waals surface area contributed by atoms with Crippen molar-refractivity contribution in [3.05, 3.63) is 30.3 Å². The molecule has 3 aliphatic heterocycles. The second kappa shape index (κ2) is 7.76. The predicted octanol–water partition coefficient (Wildman–Crippen LogP) is 1.92. The zero-order chi connectivity index (χ0) is 18.7. The monoisotopic (exact) mass is 374 g/mol. The van der Waals surface area contributed by atoms with Gasteiger partial charge < -0.3 is 24.0 Å². The Labute approximate surface area is 159 Å². The number of hydrogen-bond donors (Lipinski definition) is 0. The standard InChI is InChI=1S/C20H26N2O5/c23-18(16-6-12-25-14-16)21-9-7-20(8-10-21)15-22(19(24)27-20)11-13-26-17-4-2-1-3-5-17/h1-5,16H,6-15H2. The minimum atomic E-state index is -0.465. The zero-order valence-corrected chi connectivity index (χ0v) is 15.5. The van der Waals surface area contributed by atoms with Crippen molar-refractivity contribution >= 4 is 12.0 Å². The van der Waals surface area contributed by atoms with Crippen molar-refractivity contribution in [3.63, 3.8) is 0 Å². The van der Waals surface area contributed by atoms with Crippen LogP contribution >= 0.6 is 0 Å². The van der Waals surface area contributed by atoms with Crippen molar-refractivity contribution in [1.82, 2.24) is 9.80 Å². The van der Waals surface area contributed by atoms with E-state index in [1.54, 1.807) is 4.90 Å². The Bertz CT molecular complexity index is 666. The Morgan fingerprint density at radius 3 is 2.70 bits per heavy atom. The number of benzene rings is 1. The maximum absolute atomic E-state index is 12.5. The third-order valence-electron chi connectivity index (χ3n) is 5.68. The lowest BCUT2D eigenvalue weighted by Crippen LogP contribution is -2.50. The van der Waals surface area contributed by atoms with Gasteiger partial charge in [0.15, 0.2) is 0 Å². The van der Waals surface area contributed by atoms with E-state index in [0.717, 1.165) is 12.2 Å². The van der Waals surface area contributed by atoms with Gasteiger partial charge >= 0.3 is 6.09 Å². The van der Waals surface area contributed by atoms with Crippen LogP contribution in [-0.2, 0) is 14.3 Å². The summed E-state index contributed by atoms with van der Waals surface area (Å²) in [5, 5.41) is 0. The summed E-state index contributed by atoms with van der Waals surface area (Å²) in [7, 11) is 0. The molecule has 146 valence electrons. The molecule has 4 rings (SSSR count). The second-order valence-corrected chi connectivity index (χ2v) is 7.52. The first kappa shape index (κ1) is 18.1. The third-order valence-corrected chi connectivity index (χ3v) is 5.68. The average molecular weight is 374 g/mol. The molecule has 0 radical (unpaired) electrons. The van der Waals surface area contributed by atoms with E-state index >= 15 is 0 Å². The lowest BCUT2D eigenvalue weighted by Gasteiger charge is -2.38. The van der Waals surface area contributed by atoms with Gasteiger partial charge in [0.1, 0.15) is 18.0 Å². The number of para-hydroxylation sites is 1. The van der Waals surface area contributed by atoms with E-state index in [1.807, 2.05) is 35.2 Å². The highest BCUT2D eigenvalue weighted by molar-refractivity contribution is 5.79. The van der Waals surface area contributed by atoms with Gasteiger partial charge in [-0.3, -0.25) is 4.79 Å². The molecule has 3 heterocycles. The van der Waals surface area contributed by atoms with Gasteiger partial charge in [-0.2, -0.15) is 0 Å². The summed E-state index contributed by atoms with van der Waals surface area (Å²) in [6, 6.07) is 9.56. The van der Waals surface area contributed by atoms with Crippen LogP contribution in [0.2, 0.25) is 0 Å². The summed E-state index contributed by atoms with van der Waals surface area (Å²) in [4.78, 5) is 28.4. The van der Waals surface area contributed by atoms with Gasteiger partial charge in [0.2, 0.25) is 5.91 Å². The summed E-state index contributed by atoms with van der Waals surface area (Å²) >= 11 is 0. The Hall–Kier alpha value is -2.28. The van der Waals surface area contributed by atoms with Crippen molar-refractivity contribution in [2.24, 2.45) is 5.92 Å². The summed E-state index contributed by atoms with van der Waals surface area (Å²) in [5.41, 5.74) is -0.465. The number of carbonyl (C=O) groups excluding carboxylic acids is 2. The molecule has 3 fully saturated rings. The highest BCUT2D eigenvalue weighted by atomic mass is 16.6. The Morgan fingerprint density at radius 2 is 2.00 bits per heavy atom. The van der Waals surface area contributed by atoms with Crippen molar-refractivity contribution < 1.29 is 23.8 Å². The highest BCUT2D eigenvalue weighted by Crippen LogP contribution is 2.34. The molecular formula is C20H26N2O5. The number of ether oxygens (including phenoxy) is 3. The maximum Gasteiger partial charge on any atom is 0.410 e. The fourth-order valence-corrected chi connectivity index (χ4v) is 4.04. The van der Waals surface area contributed by atoms with Crippen LogP contribution in [0.3, 0.4) is 0 Å². The Morgan fingerprint density at radius 1 is 1.22 bits per heavy atom. The number of hydrogen-bond acceptors (Lipinski definition) is 5.